The number of anilines is 1. The summed E-state index contributed by atoms with van der Waals surface area (Å²) >= 11 is 9.71. The van der Waals surface area contributed by atoms with Crippen molar-refractivity contribution < 1.29 is 0 Å². The van der Waals surface area contributed by atoms with Crippen LogP contribution in [0.2, 0.25) is 5.02 Å². The second-order valence-corrected chi connectivity index (χ2v) is 7.05. The van der Waals surface area contributed by atoms with Crippen molar-refractivity contribution in [2.24, 2.45) is 11.8 Å². The highest BCUT2D eigenvalue weighted by Gasteiger charge is 2.34. The molecule has 3 heteroatoms. The van der Waals surface area contributed by atoms with E-state index < -0.39 is 0 Å². The zero-order valence-corrected chi connectivity index (χ0v) is 12.8. The van der Waals surface area contributed by atoms with Crippen LogP contribution in [0.1, 0.15) is 38.5 Å². The monoisotopic (exact) mass is 327 g/mol. The molecule has 98 valence electrons. The second-order valence-electron chi connectivity index (χ2n) is 5.73. The van der Waals surface area contributed by atoms with Crippen molar-refractivity contribution in [3.63, 3.8) is 0 Å². The smallest absolute Gasteiger partial charge is 0.0648 e. The van der Waals surface area contributed by atoms with Gasteiger partial charge in [0, 0.05) is 10.5 Å². The molecular weight excluding hydrogens is 310 g/mol. The molecule has 2 saturated carbocycles. The minimum atomic E-state index is 0.614. The van der Waals surface area contributed by atoms with Gasteiger partial charge in [0.1, 0.15) is 0 Å². The molecule has 2 atom stereocenters. The Hall–Kier alpha value is -0.210. The number of hydrogen-bond donors (Lipinski definition) is 1. The third-order valence-corrected chi connectivity index (χ3v) is 5.10. The Bertz CT molecular complexity index is 431. The van der Waals surface area contributed by atoms with Crippen molar-refractivity contribution in [3.05, 3.63) is 27.7 Å². The number of halogens is 2. The predicted molar refractivity (Wildman–Crippen MR) is 81.2 cm³/mol. The Kier molecular flexibility index (Phi) is 3.86. The van der Waals surface area contributed by atoms with Crippen LogP contribution in [0.15, 0.2) is 22.7 Å². The summed E-state index contributed by atoms with van der Waals surface area (Å²) in [6, 6.07) is 6.70. The van der Waals surface area contributed by atoms with Gasteiger partial charge >= 0.3 is 0 Å². The van der Waals surface area contributed by atoms with E-state index in [0.717, 1.165) is 27.0 Å². The lowest BCUT2D eigenvalue weighted by molar-refractivity contribution is 0.303. The van der Waals surface area contributed by atoms with Crippen LogP contribution in [0, 0.1) is 11.8 Å². The molecule has 0 spiro atoms. The summed E-state index contributed by atoms with van der Waals surface area (Å²) in [5, 5.41) is 4.45. The Balaban J connectivity index is 1.64. The zero-order chi connectivity index (χ0) is 12.5. The molecule has 1 aromatic carbocycles. The number of hydrogen-bond acceptors (Lipinski definition) is 1. The lowest BCUT2D eigenvalue weighted by Gasteiger charge is -2.30. The third-order valence-electron chi connectivity index (χ3n) is 4.29. The van der Waals surface area contributed by atoms with E-state index in [0.29, 0.717) is 6.04 Å². The van der Waals surface area contributed by atoms with Gasteiger partial charge in [-0.1, -0.05) is 40.4 Å². The van der Waals surface area contributed by atoms with Gasteiger partial charge in [-0.25, -0.2) is 0 Å². The highest BCUT2D eigenvalue weighted by Crippen LogP contribution is 2.44. The topological polar surface area (TPSA) is 12.0 Å². The first-order valence-corrected chi connectivity index (χ1v) is 8.11. The molecule has 0 amide bonds. The van der Waals surface area contributed by atoms with E-state index in [1.807, 2.05) is 6.07 Å². The van der Waals surface area contributed by atoms with E-state index in [1.54, 1.807) is 0 Å². The van der Waals surface area contributed by atoms with Crippen molar-refractivity contribution in [1.82, 2.24) is 0 Å². The van der Waals surface area contributed by atoms with Crippen molar-refractivity contribution in [2.45, 2.75) is 44.6 Å². The highest BCUT2D eigenvalue weighted by atomic mass is 79.9. The van der Waals surface area contributed by atoms with E-state index in [4.69, 9.17) is 11.6 Å². The summed E-state index contributed by atoms with van der Waals surface area (Å²) < 4.78 is 1.04. The molecule has 2 aliphatic carbocycles. The number of nitrogens with one attached hydrogen (secondary N) is 1. The molecule has 0 aromatic heterocycles. The average molecular weight is 329 g/mol. The van der Waals surface area contributed by atoms with Gasteiger partial charge in [0.15, 0.2) is 0 Å². The fourth-order valence-electron chi connectivity index (χ4n) is 3.18. The van der Waals surface area contributed by atoms with Crippen LogP contribution in [0.3, 0.4) is 0 Å². The van der Waals surface area contributed by atoms with Gasteiger partial charge in [0.05, 0.1) is 10.7 Å². The predicted octanol–water partition coefficient (Wildman–Crippen LogP) is 5.48. The highest BCUT2D eigenvalue weighted by molar-refractivity contribution is 9.10. The third kappa shape index (κ3) is 3.03. The molecule has 2 aliphatic rings. The minimum Gasteiger partial charge on any atom is -0.381 e. The lowest BCUT2D eigenvalue weighted by atomic mass is 9.82. The molecule has 0 saturated heterocycles. The molecule has 0 radical (unpaired) electrons. The van der Waals surface area contributed by atoms with Crippen molar-refractivity contribution in [3.8, 4) is 0 Å². The average Bonchev–Trinajstić information content (AvgIpc) is 3.17. The van der Waals surface area contributed by atoms with Crippen LogP contribution in [-0.2, 0) is 0 Å². The van der Waals surface area contributed by atoms with Crippen molar-refractivity contribution in [2.75, 3.05) is 5.32 Å². The van der Waals surface area contributed by atoms with E-state index in [9.17, 15) is 0 Å². The fraction of sp³-hybridized carbons (Fsp3) is 0.600. The largest absolute Gasteiger partial charge is 0.381 e. The summed E-state index contributed by atoms with van der Waals surface area (Å²) in [4.78, 5) is 0. The van der Waals surface area contributed by atoms with Crippen LogP contribution in [0.5, 0.6) is 0 Å². The van der Waals surface area contributed by atoms with Gasteiger partial charge in [0.25, 0.3) is 0 Å². The molecule has 18 heavy (non-hydrogen) atoms. The zero-order valence-electron chi connectivity index (χ0n) is 10.5. The summed E-state index contributed by atoms with van der Waals surface area (Å²) in [6.07, 6.45) is 8.36. The first-order chi connectivity index (χ1) is 8.72. The summed E-state index contributed by atoms with van der Waals surface area (Å²) in [6.45, 7) is 0. The quantitative estimate of drug-likeness (QED) is 0.774. The van der Waals surface area contributed by atoms with Gasteiger partial charge in [-0.05, 0) is 55.7 Å². The van der Waals surface area contributed by atoms with Crippen LogP contribution < -0.4 is 5.32 Å². The normalized spacial score (nSPS) is 28.1. The molecule has 2 fully saturated rings. The van der Waals surface area contributed by atoms with Crippen molar-refractivity contribution in [1.29, 1.82) is 0 Å². The fourth-order valence-corrected chi connectivity index (χ4v) is 3.91. The van der Waals surface area contributed by atoms with Crippen LogP contribution in [-0.4, -0.2) is 6.04 Å². The Morgan fingerprint density at radius 3 is 2.67 bits per heavy atom. The van der Waals surface area contributed by atoms with E-state index in [1.165, 1.54) is 38.5 Å². The first-order valence-electron chi connectivity index (χ1n) is 6.94. The van der Waals surface area contributed by atoms with Gasteiger partial charge in [0.2, 0.25) is 0 Å². The lowest BCUT2D eigenvalue weighted by Crippen LogP contribution is -2.28. The molecule has 1 N–H and O–H groups in total. The van der Waals surface area contributed by atoms with Crippen LogP contribution in [0.25, 0.3) is 0 Å². The Morgan fingerprint density at radius 2 is 1.94 bits per heavy atom. The minimum absolute atomic E-state index is 0.614. The number of benzene rings is 1. The maximum Gasteiger partial charge on any atom is 0.0648 e. The Morgan fingerprint density at radius 1 is 1.11 bits per heavy atom. The standard InChI is InChI=1S/C15H19BrClN/c16-12-6-7-15(14(17)9-12)18-13-3-1-2-11(8-13)10-4-5-10/h6-7,9-11,13,18H,1-5,8H2. The maximum atomic E-state index is 6.27. The Labute approximate surface area is 122 Å². The molecular formula is C15H19BrClN. The molecule has 3 rings (SSSR count). The second kappa shape index (κ2) is 5.42. The first kappa shape index (κ1) is 12.8. The summed E-state index contributed by atoms with van der Waals surface area (Å²) in [5.74, 6) is 2.00. The van der Waals surface area contributed by atoms with Gasteiger partial charge in [-0.2, -0.15) is 0 Å². The molecule has 0 aliphatic heterocycles. The van der Waals surface area contributed by atoms with E-state index in [2.05, 4.69) is 33.4 Å². The van der Waals surface area contributed by atoms with E-state index >= 15 is 0 Å². The molecule has 1 aromatic rings. The number of rotatable bonds is 3. The molecule has 2 unspecified atom stereocenters. The van der Waals surface area contributed by atoms with Crippen LogP contribution >= 0.6 is 27.5 Å². The molecule has 0 bridgehead atoms. The molecule has 0 heterocycles. The summed E-state index contributed by atoms with van der Waals surface area (Å²) in [5.41, 5.74) is 1.08. The SMILES string of the molecule is Clc1cc(Br)ccc1NC1CCCC(C2CC2)C1. The molecule has 1 nitrogen and oxygen atoms in total. The summed E-state index contributed by atoms with van der Waals surface area (Å²) in [7, 11) is 0. The van der Waals surface area contributed by atoms with Gasteiger partial charge < -0.3 is 5.32 Å². The van der Waals surface area contributed by atoms with Crippen molar-refractivity contribution >= 4 is 33.2 Å². The van der Waals surface area contributed by atoms with Crippen LogP contribution in [0.4, 0.5) is 5.69 Å². The van der Waals surface area contributed by atoms with Gasteiger partial charge in [-0.3, -0.25) is 0 Å². The van der Waals surface area contributed by atoms with Gasteiger partial charge in [-0.15, -0.1) is 0 Å². The maximum absolute atomic E-state index is 6.27. The van der Waals surface area contributed by atoms with E-state index in [-0.39, 0.29) is 0 Å².